The van der Waals surface area contributed by atoms with E-state index in [2.05, 4.69) is 75.4 Å². The zero-order valence-corrected chi connectivity index (χ0v) is 21.8. The molecule has 1 aliphatic carbocycles. The van der Waals surface area contributed by atoms with Crippen LogP contribution >= 0.6 is 0 Å². The van der Waals surface area contributed by atoms with Gasteiger partial charge in [-0.05, 0) is 66.7 Å². The van der Waals surface area contributed by atoms with E-state index in [1.165, 1.54) is 48.8 Å². The Hall–Kier alpha value is -2.35. The normalized spacial score (nSPS) is 19.0. The molecule has 3 rings (SSSR count). The fourth-order valence-electron chi connectivity index (χ4n) is 5.32. The molecule has 0 amide bonds. The summed E-state index contributed by atoms with van der Waals surface area (Å²) in [4.78, 5) is 12.9. The molecule has 0 aliphatic heterocycles. The van der Waals surface area contributed by atoms with Crippen molar-refractivity contribution in [3.8, 4) is 5.75 Å². The first-order chi connectivity index (χ1) is 16.5. The van der Waals surface area contributed by atoms with Crippen LogP contribution in [-0.2, 0) is 16.8 Å². The second-order valence-electron chi connectivity index (χ2n) is 10.6. The number of carbonyl (C=O) groups excluding carboxylic acids is 1. The van der Waals surface area contributed by atoms with Crippen LogP contribution in [0, 0.1) is 5.92 Å². The van der Waals surface area contributed by atoms with Gasteiger partial charge in [0.25, 0.3) is 0 Å². The van der Waals surface area contributed by atoms with Crippen LogP contribution < -0.4 is 4.74 Å². The summed E-state index contributed by atoms with van der Waals surface area (Å²) in [6.07, 6.45) is 14.1. The predicted octanol–water partition coefficient (Wildman–Crippen LogP) is 8.93. The topological polar surface area (TPSA) is 26.3 Å². The van der Waals surface area contributed by atoms with Gasteiger partial charge in [0.2, 0.25) is 0 Å². The summed E-state index contributed by atoms with van der Waals surface area (Å²) < 4.78 is 6.51. The molecule has 2 unspecified atom stereocenters. The SMILES string of the molecule is CC=CCC1C(=O)CCCC1c1ccc(C(C)(C)CCCCCC)cc1OCc1ccccc1. The van der Waals surface area contributed by atoms with Crippen molar-refractivity contribution in [2.75, 3.05) is 0 Å². The number of hydrogen-bond donors (Lipinski definition) is 0. The predicted molar refractivity (Wildman–Crippen MR) is 144 cm³/mol. The van der Waals surface area contributed by atoms with E-state index in [0.717, 1.165) is 25.0 Å². The van der Waals surface area contributed by atoms with Crippen molar-refractivity contribution in [1.82, 2.24) is 0 Å². The summed E-state index contributed by atoms with van der Waals surface area (Å²) in [5, 5.41) is 0. The molecular formula is C32H44O2. The molecule has 0 N–H and O–H groups in total. The molecule has 1 fully saturated rings. The maximum absolute atomic E-state index is 12.9. The molecule has 0 bridgehead atoms. The van der Waals surface area contributed by atoms with E-state index in [0.29, 0.717) is 18.8 Å². The first-order valence-electron chi connectivity index (χ1n) is 13.4. The van der Waals surface area contributed by atoms with E-state index in [9.17, 15) is 4.79 Å². The van der Waals surface area contributed by atoms with Crippen molar-refractivity contribution in [2.24, 2.45) is 5.92 Å². The number of ether oxygens (including phenoxy) is 1. The Morgan fingerprint density at radius 3 is 2.59 bits per heavy atom. The third kappa shape index (κ3) is 7.08. The van der Waals surface area contributed by atoms with Crippen LogP contribution in [0.3, 0.4) is 0 Å². The fourth-order valence-corrected chi connectivity index (χ4v) is 5.32. The highest BCUT2D eigenvalue weighted by Gasteiger charge is 2.34. The fraction of sp³-hybridized carbons (Fsp3) is 0.531. The second kappa shape index (κ2) is 12.9. The molecule has 0 spiro atoms. The highest BCUT2D eigenvalue weighted by atomic mass is 16.5. The molecule has 34 heavy (non-hydrogen) atoms. The van der Waals surface area contributed by atoms with Gasteiger partial charge in [0, 0.05) is 12.3 Å². The van der Waals surface area contributed by atoms with Gasteiger partial charge in [-0.25, -0.2) is 0 Å². The minimum absolute atomic E-state index is 0.0527. The summed E-state index contributed by atoms with van der Waals surface area (Å²) in [7, 11) is 0. The lowest BCUT2D eigenvalue weighted by Gasteiger charge is -2.33. The van der Waals surface area contributed by atoms with Crippen molar-refractivity contribution in [2.45, 2.75) is 103 Å². The highest BCUT2D eigenvalue weighted by Crippen LogP contribution is 2.43. The average molecular weight is 461 g/mol. The summed E-state index contributed by atoms with van der Waals surface area (Å²) >= 11 is 0. The van der Waals surface area contributed by atoms with Gasteiger partial charge in [0.1, 0.15) is 18.1 Å². The lowest BCUT2D eigenvalue weighted by atomic mass is 9.72. The Kier molecular flexibility index (Phi) is 9.99. The van der Waals surface area contributed by atoms with Crippen LogP contribution in [0.4, 0.5) is 0 Å². The van der Waals surface area contributed by atoms with Gasteiger partial charge in [-0.1, -0.05) is 101 Å². The summed E-state index contributed by atoms with van der Waals surface area (Å²) in [6, 6.07) is 17.2. The second-order valence-corrected chi connectivity index (χ2v) is 10.6. The van der Waals surface area contributed by atoms with Crippen LogP contribution in [0.15, 0.2) is 60.7 Å². The van der Waals surface area contributed by atoms with Crippen molar-refractivity contribution < 1.29 is 9.53 Å². The van der Waals surface area contributed by atoms with Gasteiger partial charge in [-0.2, -0.15) is 0 Å². The minimum atomic E-state index is 0.0527. The van der Waals surface area contributed by atoms with Gasteiger partial charge in [0.15, 0.2) is 0 Å². The number of hydrogen-bond acceptors (Lipinski definition) is 2. The number of benzene rings is 2. The first-order valence-corrected chi connectivity index (χ1v) is 13.4. The zero-order chi connectivity index (χ0) is 24.4. The number of Topliss-reactive ketones (excluding diaryl/α,β-unsaturated/α-hetero) is 1. The van der Waals surface area contributed by atoms with E-state index < -0.39 is 0 Å². The Morgan fingerprint density at radius 1 is 1.06 bits per heavy atom. The molecule has 1 aliphatic rings. The van der Waals surface area contributed by atoms with Gasteiger partial charge in [-0.15, -0.1) is 0 Å². The van der Waals surface area contributed by atoms with Crippen molar-refractivity contribution in [3.05, 3.63) is 77.4 Å². The largest absolute Gasteiger partial charge is 0.489 e. The van der Waals surface area contributed by atoms with Gasteiger partial charge < -0.3 is 4.74 Å². The van der Waals surface area contributed by atoms with Crippen LogP contribution in [0.1, 0.15) is 108 Å². The van der Waals surface area contributed by atoms with E-state index >= 15 is 0 Å². The minimum Gasteiger partial charge on any atom is -0.489 e. The Morgan fingerprint density at radius 2 is 1.85 bits per heavy atom. The Bertz CT molecular complexity index is 925. The maximum atomic E-state index is 12.9. The lowest BCUT2D eigenvalue weighted by Crippen LogP contribution is -2.27. The average Bonchev–Trinajstić information content (AvgIpc) is 2.85. The van der Waals surface area contributed by atoms with Crippen molar-refractivity contribution in [1.29, 1.82) is 0 Å². The van der Waals surface area contributed by atoms with Gasteiger partial charge >= 0.3 is 0 Å². The summed E-state index contributed by atoms with van der Waals surface area (Å²) in [6.45, 7) is 9.56. The molecule has 2 atom stereocenters. The third-order valence-electron chi connectivity index (χ3n) is 7.55. The van der Waals surface area contributed by atoms with Gasteiger partial charge in [-0.3, -0.25) is 4.79 Å². The standard InChI is InChI=1S/C32H44O2/c1-5-7-9-13-22-32(3,4)26-20-21-29(27-18-14-19-30(33)28(27)17-8-6-2)31(23-26)34-24-25-15-11-10-12-16-25/h6,8,10-12,15-16,20-21,23,27-28H,5,7,9,13-14,17-19,22,24H2,1-4H3. The number of ketones is 1. The van der Waals surface area contributed by atoms with Crippen LogP contribution in [-0.4, -0.2) is 5.78 Å². The Labute approximate surface area is 207 Å². The Balaban J connectivity index is 1.91. The van der Waals surface area contributed by atoms with Crippen molar-refractivity contribution >= 4 is 5.78 Å². The lowest BCUT2D eigenvalue weighted by molar-refractivity contribution is -0.125. The van der Waals surface area contributed by atoms with E-state index in [1.807, 2.05) is 13.0 Å². The van der Waals surface area contributed by atoms with Crippen LogP contribution in [0.5, 0.6) is 5.75 Å². The zero-order valence-electron chi connectivity index (χ0n) is 21.8. The van der Waals surface area contributed by atoms with Crippen LogP contribution in [0.25, 0.3) is 0 Å². The number of carbonyl (C=O) groups is 1. The van der Waals surface area contributed by atoms with E-state index in [1.54, 1.807) is 0 Å². The maximum Gasteiger partial charge on any atom is 0.136 e. The number of rotatable bonds is 12. The molecule has 184 valence electrons. The monoisotopic (exact) mass is 460 g/mol. The number of allylic oxidation sites excluding steroid dienone is 2. The number of unbranched alkanes of at least 4 members (excludes halogenated alkanes) is 3. The summed E-state index contributed by atoms with van der Waals surface area (Å²) in [5.41, 5.74) is 3.82. The highest BCUT2D eigenvalue weighted by molar-refractivity contribution is 5.83. The molecule has 0 radical (unpaired) electrons. The first kappa shape index (κ1) is 26.3. The van der Waals surface area contributed by atoms with E-state index in [4.69, 9.17) is 4.74 Å². The molecule has 2 aromatic rings. The smallest absolute Gasteiger partial charge is 0.136 e. The molecule has 0 aromatic heterocycles. The molecule has 2 nitrogen and oxygen atoms in total. The quantitative estimate of drug-likeness (QED) is 0.233. The molecular weight excluding hydrogens is 416 g/mol. The molecule has 0 saturated heterocycles. The van der Waals surface area contributed by atoms with Crippen LogP contribution in [0.2, 0.25) is 0 Å². The molecule has 0 heterocycles. The molecule has 2 heteroatoms. The summed E-state index contributed by atoms with van der Waals surface area (Å²) in [5.74, 6) is 1.65. The van der Waals surface area contributed by atoms with Gasteiger partial charge in [0.05, 0.1) is 0 Å². The van der Waals surface area contributed by atoms with Crippen molar-refractivity contribution in [3.63, 3.8) is 0 Å². The third-order valence-corrected chi connectivity index (χ3v) is 7.55. The molecule has 2 aromatic carbocycles. The molecule has 1 saturated carbocycles. The van der Waals surface area contributed by atoms with E-state index in [-0.39, 0.29) is 17.3 Å².